The highest BCUT2D eigenvalue weighted by Crippen LogP contribution is 2.27. The first-order chi connectivity index (χ1) is 8.18. The minimum Gasteiger partial charge on any atom is -0.444 e. The van der Waals surface area contributed by atoms with Crippen molar-refractivity contribution in [2.24, 2.45) is 0 Å². The number of rotatable bonds is 2. The number of hydrogen-bond acceptors (Lipinski definition) is 4. The summed E-state index contributed by atoms with van der Waals surface area (Å²) in [5.41, 5.74) is -1.70. The molecule has 1 saturated heterocycles. The maximum Gasteiger partial charge on any atom is 0.410 e. The second kappa shape index (κ2) is 5.28. The fourth-order valence-electron chi connectivity index (χ4n) is 1.92. The van der Waals surface area contributed by atoms with Crippen LogP contribution < -0.4 is 0 Å². The van der Waals surface area contributed by atoms with Crippen molar-refractivity contribution >= 4 is 6.09 Å². The molecule has 0 spiro atoms. The number of amides is 1. The van der Waals surface area contributed by atoms with E-state index >= 15 is 0 Å². The highest BCUT2D eigenvalue weighted by atomic mass is 16.6. The molecule has 0 bridgehead atoms. The smallest absolute Gasteiger partial charge is 0.410 e. The number of carbonyl (C=O) groups is 1. The van der Waals surface area contributed by atoms with Crippen molar-refractivity contribution < 1.29 is 19.7 Å². The van der Waals surface area contributed by atoms with Crippen molar-refractivity contribution in [3.63, 3.8) is 0 Å². The summed E-state index contributed by atoms with van der Waals surface area (Å²) in [6, 6.07) is 0. The van der Waals surface area contributed by atoms with E-state index in [1.54, 1.807) is 4.90 Å². The molecule has 0 aliphatic carbocycles. The van der Waals surface area contributed by atoms with E-state index in [1.165, 1.54) is 6.08 Å². The Labute approximate surface area is 108 Å². The number of carbonyl (C=O) groups excluding carboxylic acids is 1. The third-order valence-electron chi connectivity index (χ3n) is 3.05. The Balaban J connectivity index is 2.54. The third kappa shape index (κ3) is 3.71. The lowest BCUT2D eigenvalue weighted by atomic mass is 9.86. The van der Waals surface area contributed by atoms with Crippen LogP contribution in [0, 0.1) is 0 Å². The molecule has 1 aliphatic heterocycles. The topological polar surface area (TPSA) is 70.0 Å². The molecule has 104 valence electrons. The molecule has 1 fully saturated rings. The Kier molecular flexibility index (Phi) is 4.40. The first kappa shape index (κ1) is 15.0. The highest BCUT2D eigenvalue weighted by Gasteiger charge is 2.39. The van der Waals surface area contributed by atoms with Crippen molar-refractivity contribution in [1.82, 2.24) is 4.90 Å². The maximum absolute atomic E-state index is 11.8. The van der Waals surface area contributed by atoms with Gasteiger partial charge in [0.1, 0.15) is 11.7 Å². The number of aliphatic hydroxyl groups is 2. The van der Waals surface area contributed by atoms with Crippen LogP contribution in [0.3, 0.4) is 0 Å². The van der Waals surface area contributed by atoms with Crippen molar-refractivity contribution in [3.05, 3.63) is 12.7 Å². The second-order valence-electron chi connectivity index (χ2n) is 5.75. The van der Waals surface area contributed by atoms with Crippen LogP contribution in [0.1, 0.15) is 33.6 Å². The van der Waals surface area contributed by atoms with Gasteiger partial charge < -0.3 is 19.8 Å². The predicted molar refractivity (Wildman–Crippen MR) is 68.2 cm³/mol. The average molecular weight is 257 g/mol. The van der Waals surface area contributed by atoms with Crippen LogP contribution in [0.15, 0.2) is 12.7 Å². The monoisotopic (exact) mass is 257 g/mol. The first-order valence-electron chi connectivity index (χ1n) is 6.19. The minimum absolute atomic E-state index is 0.319. The van der Waals surface area contributed by atoms with Gasteiger partial charge in [0.15, 0.2) is 0 Å². The van der Waals surface area contributed by atoms with Gasteiger partial charge >= 0.3 is 6.09 Å². The zero-order chi connectivity index (χ0) is 14.0. The van der Waals surface area contributed by atoms with Crippen molar-refractivity contribution in [3.8, 4) is 0 Å². The number of aliphatic hydroxyl groups excluding tert-OH is 1. The second-order valence-corrected chi connectivity index (χ2v) is 5.75. The van der Waals surface area contributed by atoms with E-state index in [9.17, 15) is 15.0 Å². The molecule has 0 aromatic rings. The molecule has 1 amide bonds. The first-order valence-corrected chi connectivity index (χ1v) is 6.19. The summed E-state index contributed by atoms with van der Waals surface area (Å²) in [7, 11) is 0. The Morgan fingerprint density at radius 2 is 1.94 bits per heavy atom. The van der Waals surface area contributed by atoms with Gasteiger partial charge in [-0.3, -0.25) is 0 Å². The van der Waals surface area contributed by atoms with Crippen LogP contribution in [0.2, 0.25) is 0 Å². The van der Waals surface area contributed by atoms with Gasteiger partial charge in [-0.2, -0.15) is 0 Å². The van der Waals surface area contributed by atoms with Gasteiger partial charge in [-0.1, -0.05) is 6.08 Å². The average Bonchev–Trinajstić information content (AvgIpc) is 2.26. The molecule has 1 rings (SSSR count). The summed E-state index contributed by atoms with van der Waals surface area (Å²) in [6.45, 7) is 9.65. The SMILES string of the molecule is C=CC(O)C1(O)CCN(C(=O)OC(C)(C)C)CC1. The molecular formula is C13H23NO4. The Hall–Kier alpha value is -1.07. The van der Waals surface area contributed by atoms with E-state index in [0.29, 0.717) is 25.9 Å². The lowest BCUT2D eigenvalue weighted by Crippen LogP contribution is -2.52. The van der Waals surface area contributed by atoms with Gasteiger partial charge in [0.05, 0.1) is 5.60 Å². The van der Waals surface area contributed by atoms with Crippen LogP contribution >= 0.6 is 0 Å². The van der Waals surface area contributed by atoms with Gasteiger partial charge in [-0.05, 0) is 33.6 Å². The molecule has 0 aromatic heterocycles. The summed E-state index contributed by atoms with van der Waals surface area (Å²) in [5.74, 6) is 0. The van der Waals surface area contributed by atoms with E-state index in [1.807, 2.05) is 20.8 Å². The summed E-state index contributed by atoms with van der Waals surface area (Å²) < 4.78 is 5.25. The molecule has 1 unspecified atom stereocenters. The molecule has 18 heavy (non-hydrogen) atoms. The van der Waals surface area contributed by atoms with Gasteiger partial charge in [0, 0.05) is 13.1 Å². The van der Waals surface area contributed by atoms with Crippen molar-refractivity contribution in [2.75, 3.05) is 13.1 Å². The quantitative estimate of drug-likeness (QED) is 0.731. The zero-order valence-corrected chi connectivity index (χ0v) is 11.3. The minimum atomic E-state index is -1.18. The lowest BCUT2D eigenvalue weighted by Gasteiger charge is -2.40. The number of nitrogens with zero attached hydrogens (tertiary/aromatic N) is 1. The number of likely N-dealkylation sites (tertiary alicyclic amines) is 1. The van der Waals surface area contributed by atoms with E-state index < -0.39 is 17.3 Å². The molecule has 1 atom stereocenters. The summed E-state index contributed by atoms with van der Waals surface area (Å²) in [6.07, 6.45) is 0.623. The van der Waals surface area contributed by atoms with Crippen molar-refractivity contribution in [2.45, 2.75) is 50.9 Å². The van der Waals surface area contributed by atoms with Crippen LogP contribution in [-0.2, 0) is 4.74 Å². The summed E-state index contributed by atoms with van der Waals surface area (Å²) in [4.78, 5) is 13.4. The van der Waals surface area contributed by atoms with E-state index in [-0.39, 0.29) is 6.09 Å². The standard InChI is InChI=1S/C13H23NO4/c1-5-10(15)13(17)6-8-14(9-7-13)11(16)18-12(2,3)4/h5,10,15,17H,1,6-9H2,2-4H3. The van der Waals surface area contributed by atoms with Crippen LogP contribution in [-0.4, -0.2) is 51.6 Å². The zero-order valence-electron chi connectivity index (χ0n) is 11.3. The molecule has 0 saturated carbocycles. The molecule has 0 aromatic carbocycles. The van der Waals surface area contributed by atoms with Crippen molar-refractivity contribution in [1.29, 1.82) is 0 Å². The summed E-state index contributed by atoms with van der Waals surface area (Å²) >= 11 is 0. The largest absolute Gasteiger partial charge is 0.444 e. The predicted octanol–water partition coefficient (Wildman–Crippen LogP) is 1.30. The number of piperidine rings is 1. The Morgan fingerprint density at radius 1 is 1.44 bits per heavy atom. The highest BCUT2D eigenvalue weighted by molar-refractivity contribution is 5.68. The normalized spacial score (nSPS) is 21.3. The Bertz CT molecular complexity index is 313. The number of hydrogen-bond donors (Lipinski definition) is 2. The molecule has 2 N–H and O–H groups in total. The van der Waals surface area contributed by atoms with Crippen LogP contribution in [0.25, 0.3) is 0 Å². The van der Waals surface area contributed by atoms with Crippen LogP contribution in [0.4, 0.5) is 4.79 Å². The van der Waals surface area contributed by atoms with Gasteiger partial charge in [-0.25, -0.2) is 4.79 Å². The van der Waals surface area contributed by atoms with E-state index in [0.717, 1.165) is 0 Å². The molecule has 5 nitrogen and oxygen atoms in total. The number of ether oxygens (including phenoxy) is 1. The molecule has 1 heterocycles. The van der Waals surface area contributed by atoms with E-state index in [2.05, 4.69) is 6.58 Å². The molecular weight excluding hydrogens is 234 g/mol. The maximum atomic E-state index is 11.8. The Morgan fingerprint density at radius 3 is 2.33 bits per heavy atom. The van der Waals surface area contributed by atoms with Gasteiger partial charge in [0.25, 0.3) is 0 Å². The summed E-state index contributed by atoms with van der Waals surface area (Å²) in [5, 5.41) is 19.8. The lowest BCUT2D eigenvalue weighted by molar-refractivity contribution is -0.0899. The van der Waals surface area contributed by atoms with E-state index in [4.69, 9.17) is 4.74 Å². The molecule has 1 aliphatic rings. The fraction of sp³-hybridized carbons (Fsp3) is 0.769. The van der Waals surface area contributed by atoms with Crippen LogP contribution in [0.5, 0.6) is 0 Å². The third-order valence-corrected chi connectivity index (χ3v) is 3.05. The molecule has 5 heteroatoms. The molecule has 0 radical (unpaired) electrons. The van der Waals surface area contributed by atoms with Gasteiger partial charge in [0.2, 0.25) is 0 Å². The van der Waals surface area contributed by atoms with Gasteiger partial charge in [-0.15, -0.1) is 6.58 Å². The fourth-order valence-corrected chi connectivity index (χ4v) is 1.92.